The third-order valence-electron chi connectivity index (χ3n) is 3.43. The number of fused-ring (bicyclic) bond motifs is 1. The maximum Gasteiger partial charge on any atom is 0.201 e. The van der Waals surface area contributed by atoms with Crippen molar-refractivity contribution < 1.29 is 9.52 Å². The molecule has 4 nitrogen and oxygen atoms in total. The minimum atomic E-state index is -0.139. The summed E-state index contributed by atoms with van der Waals surface area (Å²) in [6.45, 7) is 3.80. The van der Waals surface area contributed by atoms with Crippen LogP contribution in [0.4, 0.5) is 5.69 Å². The first kappa shape index (κ1) is 14.1. The van der Waals surface area contributed by atoms with Crippen LogP contribution in [-0.4, -0.2) is 11.3 Å². The van der Waals surface area contributed by atoms with Crippen molar-refractivity contribution in [3.63, 3.8) is 0 Å². The van der Waals surface area contributed by atoms with Gasteiger partial charge in [0.15, 0.2) is 0 Å². The number of benzene rings is 2. The molecule has 0 radical (unpaired) electrons. The first-order valence-corrected chi connectivity index (χ1v) is 6.90. The highest BCUT2D eigenvalue weighted by atomic mass is 16.3. The van der Waals surface area contributed by atoms with Gasteiger partial charge in [0.05, 0.1) is 10.9 Å². The van der Waals surface area contributed by atoms with Crippen LogP contribution in [0.25, 0.3) is 11.0 Å². The SMILES string of the molecule is Cc1ccc(N=Cc2coc3ccc(C)cc3c2=O)c(O)c1. The third-order valence-corrected chi connectivity index (χ3v) is 3.43. The minimum absolute atomic E-state index is 0.0808. The number of nitrogens with zero attached hydrogens (tertiary/aromatic N) is 1. The topological polar surface area (TPSA) is 62.8 Å². The Balaban J connectivity index is 2.05. The van der Waals surface area contributed by atoms with Crippen molar-refractivity contribution in [2.75, 3.05) is 0 Å². The average Bonchev–Trinajstić information content (AvgIpc) is 2.49. The number of hydrogen-bond acceptors (Lipinski definition) is 4. The van der Waals surface area contributed by atoms with Crippen LogP contribution in [-0.2, 0) is 0 Å². The van der Waals surface area contributed by atoms with Crippen molar-refractivity contribution >= 4 is 22.9 Å². The maximum atomic E-state index is 12.4. The van der Waals surface area contributed by atoms with Crippen LogP contribution in [0, 0.1) is 13.8 Å². The molecule has 0 unspecified atom stereocenters. The van der Waals surface area contributed by atoms with Gasteiger partial charge in [-0.25, -0.2) is 0 Å². The highest BCUT2D eigenvalue weighted by molar-refractivity contribution is 5.88. The van der Waals surface area contributed by atoms with E-state index in [1.807, 2.05) is 26.0 Å². The van der Waals surface area contributed by atoms with Crippen molar-refractivity contribution in [3.05, 3.63) is 69.6 Å². The van der Waals surface area contributed by atoms with Gasteiger partial charge in [0.2, 0.25) is 5.43 Å². The van der Waals surface area contributed by atoms with E-state index < -0.39 is 0 Å². The lowest BCUT2D eigenvalue weighted by atomic mass is 10.1. The summed E-state index contributed by atoms with van der Waals surface area (Å²) in [6.07, 6.45) is 2.80. The van der Waals surface area contributed by atoms with Gasteiger partial charge < -0.3 is 9.52 Å². The molecule has 0 amide bonds. The van der Waals surface area contributed by atoms with Crippen LogP contribution in [0.1, 0.15) is 16.7 Å². The summed E-state index contributed by atoms with van der Waals surface area (Å²) in [5, 5.41) is 10.4. The van der Waals surface area contributed by atoms with Crippen LogP contribution in [0.3, 0.4) is 0 Å². The van der Waals surface area contributed by atoms with Gasteiger partial charge in [-0.2, -0.15) is 0 Å². The predicted octanol–water partition coefficient (Wildman–Crippen LogP) is 3.87. The minimum Gasteiger partial charge on any atom is -0.506 e. The van der Waals surface area contributed by atoms with Gasteiger partial charge in [-0.15, -0.1) is 0 Å². The standard InChI is InChI=1S/C18H15NO3/c1-11-4-6-17-14(7-11)18(21)13(10-22-17)9-19-15-5-3-12(2)8-16(15)20/h3-10,20H,1-2H3. The summed E-state index contributed by atoms with van der Waals surface area (Å²) in [7, 11) is 0. The number of hydrogen-bond donors (Lipinski definition) is 1. The van der Waals surface area contributed by atoms with Gasteiger partial charge in [0.1, 0.15) is 23.3 Å². The van der Waals surface area contributed by atoms with Crippen LogP contribution >= 0.6 is 0 Å². The highest BCUT2D eigenvalue weighted by Gasteiger charge is 2.06. The smallest absolute Gasteiger partial charge is 0.201 e. The van der Waals surface area contributed by atoms with Gasteiger partial charge in [-0.05, 0) is 43.7 Å². The lowest BCUT2D eigenvalue weighted by Gasteiger charge is -2.01. The molecule has 0 atom stereocenters. The first-order valence-electron chi connectivity index (χ1n) is 6.90. The summed E-state index contributed by atoms with van der Waals surface area (Å²) in [6, 6.07) is 10.6. The quantitative estimate of drug-likeness (QED) is 0.730. The molecule has 4 heteroatoms. The Hall–Kier alpha value is -2.88. The molecule has 22 heavy (non-hydrogen) atoms. The zero-order valence-electron chi connectivity index (χ0n) is 12.3. The maximum absolute atomic E-state index is 12.4. The predicted molar refractivity (Wildman–Crippen MR) is 87.3 cm³/mol. The normalized spacial score (nSPS) is 11.4. The molecule has 3 rings (SSSR count). The summed E-state index contributed by atoms with van der Waals surface area (Å²) >= 11 is 0. The Morgan fingerprint density at radius 3 is 2.59 bits per heavy atom. The number of phenolic OH excluding ortho intramolecular Hbond substituents is 1. The molecule has 1 heterocycles. The van der Waals surface area contributed by atoms with Crippen LogP contribution in [0.15, 0.2) is 56.9 Å². The molecule has 3 aromatic rings. The van der Waals surface area contributed by atoms with Crippen molar-refractivity contribution in [1.82, 2.24) is 0 Å². The molecule has 0 aliphatic heterocycles. The summed E-state index contributed by atoms with van der Waals surface area (Å²) in [5.41, 5.74) is 3.10. The number of aromatic hydroxyl groups is 1. The second-order valence-electron chi connectivity index (χ2n) is 5.27. The van der Waals surface area contributed by atoms with Gasteiger partial charge >= 0.3 is 0 Å². The molecule has 110 valence electrons. The van der Waals surface area contributed by atoms with Crippen LogP contribution < -0.4 is 5.43 Å². The van der Waals surface area contributed by atoms with E-state index in [1.165, 1.54) is 12.5 Å². The Morgan fingerprint density at radius 1 is 1.09 bits per heavy atom. The number of aryl methyl sites for hydroxylation is 2. The van der Waals surface area contributed by atoms with Crippen molar-refractivity contribution in [3.8, 4) is 5.75 Å². The van der Waals surface area contributed by atoms with Gasteiger partial charge in [-0.1, -0.05) is 17.7 Å². The van der Waals surface area contributed by atoms with Crippen molar-refractivity contribution in [1.29, 1.82) is 0 Å². The lowest BCUT2D eigenvalue weighted by Crippen LogP contribution is -2.07. The Morgan fingerprint density at radius 2 is 1.82 bits per heavy atom. The number of aliphatic imine (C=N–C) groups is 1. The Labute approximate surface area is 127 Å². The molecule has 0 aliphatic rings. The van der Waals surface area contributed by atoms with E-state index in [0.717, 1.165) is 11.1 Å². The van der Waals surface area contributed by atoms with Gasteiger partial charge in [0, 0.05) is 6.21 Å². The molecule has 2 aromatic carbocycles. The monoisotopic (exact) mass is 293 g/mol. The van der Waals surface area contributed by atoms with E-state index in [4.69, 9.17) is 4.42 Å². The van der Waals surface area contributed by atoms with E-state index in [9.17, 15) is 9.90 Å². The average molecular weight is 293 g/mol. The molecule has 0 saturated carbocycles. The zero-order chi connectivity index (χ0) is 15.7. The molecule has 1 N–H and O–H groups in total. The third kappa shape index (κ3) is 2.63. The van der Waals surface area contributed by atoms with E-state index in [1.54, 1.807) is 24.3 Å². The number of rotatable bonds is 2. The fourth-order valence-electron chi connectivity index (χ4n) is 2.23. The summed E-state index contributed by atoms with van der Waals surface area (Å²) < 4.78 is 5.46. The fourth-order valence-corrected chi connectivity index (χ4v) is 2.23. The molecule has 0 bridgehead atoms. The molecule has 0 spiro atoms. The Bertz CT molecular complexity index is 939. The van der Waals surface area contributed by atoms with Crippen molar-refractivity contribution in [2.24, 2.45) is 4.99 Å². The number of phenols is 1. The first-order chi connectivity index (χ1) is 10.5. The fraction of sp³-hybridized carbons (Fsp3) is 0.111. The largest absolute Gasteiger partial charge is 0.506 e. The molecular weight excluding hydrogens is 278 g/mol. The lowest BCUT2D eigenvalue weighted by molar-refractivity contribution is 0.476. The van der Waals surface area contributed by atoms with Gasteiger partial charge in [0.25, 0.3) is 0 Å². The molecule has 1 aromatic heterocycles. The van der Waals surface area contributed by atoms with E-state index in [-0.39, 0.29) is 11.2 Å². The second-order valence-corrected chi connectivity index (χ2v) is 5.27. The molecule has 0 aliphatic carbocycles. The van der Waals surface area contributed by atoms with Crippen molar-refractivity contribution in [2.45, 2.75) is 13.8 Å². The molecular formula is C18H15NO3. The van der Waals surface area contributed by atoms with Crippen LogP contribution in [0.5, 0.6) is 5.75 Å². The Kier molecular flexibility index (Phi) is 3.51. The molecule has 0 fully saturated rings. The van der Waals surface area contributed by atoms with E-state index >= 15 is 0 Å². The van der Waals surface area contributed by atoms with Gasteiger partial charge in [-0.3, -0.25) is 9.79 Å². The van der Waals surface area contributed by atoms with E-state index in [2.05, 4.69) is 4.99 Å². The second kappa shape index (κ2) is 5.48. The zero-order valence-corrected chi connectivity index (χ0v) is 12.3. The molecule has 0 saturated heterocycles. The van der Waals surface area contributed by atoms with E-state index in [0.29, 0.717) is 22.2 Å². The summed E-state index contributed by atoms with van der Waals surface area (Å²) in [4.78, 5) is 16.6. The highest BCUT2D eigenvalue weighted by Crippen LogP contribution is 2.26. The van der Waals surface area contributed by atoms with Crippen LogP contribution in [0.2, 0.25) is 0 Å². The summed E-state index contributed by atoms with van der Waals surface area (Å²) in [5.74, 6) is 0.0808.